The molecule has 16 heavy (non-hydrogen) atoms. The van der Waals surface area contributed by atoms with E-state index in [1.165, 1.54) is 6.07 Å². The molecule has 0 amide bonds. The van der Waals surface area contributed by atoms with E-state index in [0.29, 0.717) is 16.7 Å². The largest absolute Gasteiger partial charge is 0.459 e. The number of hydrogen-bond donors (Lipinski definition) is 1. The Bertz CT molecular complexity index is 575. The quantitative estimate of drug-likeness (QED) is 0.831. The fourth-order valence-electron chi connectivity index (χ4n) is 1.81. The second kappa shape index (κ2) is 4.68. The second-order valence-corrected chi connectivity index (χ2v) is 3.74. The molecule has 0 fully saturated rings. The molecule has 4 heteroatoms. The lowest BCUT2D eigenvalue weighted by molar-refractivity contribution is 0.538. The molecule has 0 radical (unpaired) electrons. The predicted octanol–water partition coefficient (Wildman–Crippen LogP) is 2.29. The molecule has 0 saturated carbocycles. The van der Waals surface area contributed by atoms with Crippen molar-refractivity contribution in [1.82, 2.24) is 0 Å². The van der Waals surface area contributed by atoms with E-state index in [1.807, 2.05) is 26.0 Å². The maximum atomic E-state index is 11.8. The summed E-state index contributed by atoms with van der Waals surface area (Å²) in [6.45, 7) is 4.13. The van der Waals surface area contributed by atoms with Gasteiger partial charge in [0.15, 0.2) is 5.43 Å². The van der Waals surface area contributed by atoms with E-state index in [1.54, 1.807) is 0 Å². The third kappa shape index (κ3) is 2.10. The van der Waals surface area contributed by atoms with Crippen LogP contribution in [0.2, 0.25) is 0 Å². The first-order valence-electron chi connectivity index (χ1n) is 4.86. The topological polar surface area (TPSA) is 56.2 Å². The lowest BCUT2D eigenvalue weighted by Gasteiger charge is -2.04. The molecule has 2 aromatic rings. The lowest BCUT2D eigenvalue weighted by atomic mass is 10.1. The second-order valence-electron chi connectivity index (χ2n) is 3.74. The first-order chi connectivity index (χ1) is 7.11. The fraction of sp³-hybridized carbons (Fsp3) is 0.250. The summed E-state index contributed by atoms with van der Waals surface area (Å²) >= 11 is 0. The molecule has 0 atom stereocenters. The van der Waals surface area contributed by atoms with E-state index < -0.39 is 0 Å². The first kappa shape index (κ1) is 12.7. The van der Waals surface area contributed by atoms with Gasteiger partial charge in [0, 0.05) is 6.07 Å². The van der Waals surface area contributed by atoms with Crippen molar-refractivity contribution in [2.45, 2.75) is 20.4 Å². The molecule has 3 nitrogen and oxygen atoms in total. The monoisotopic (exact) mass is 239 g/mol. The Morgan fingerprint density at radius 2 is 1.94 bits per heavy atom. The van der Waals surface area contributed by atoms with Gasteiger partial charge in [-0.3, -0.25) is 4.79 Å². The number of nitrogens with two attached hydrogens (primary N) is 1. The molecule has 1 aromatic carbocycles. The normalized spacial score (nSPS) is 10.2. The van der Waals surface area contributed by atoms with E-state index in [0.717, 1.165) is 11.1 Å². The summed E-state index contributed by atoms with van der Waals surface area (Å²) < 4.78 is 5.53. The van der Waals surface area contributed by atoms with Crippen LogP contribution in [0.5, 0.6) is 0 Å². The van der Waals surface area contributed by atoms with Gasteiger partial charge in [-0.2, -0.15) is 0 Å². The highest BCUT2D eigenvalue weighted by atomic mass is 35.5. The molecule has 0 spiro atoms. The van der Waals surface area contributed by atoms with Gasteiger partial charge >= 0.3 is 0 Å². The van der Waals surface area contributed by atoms with Crippen LogP contribution in [0.3, 0.4) is 0 Å². The van der Waals surface area contributed by atoms with Gasteiger partial charge in [0.25, 0.3) is 0 Å². The number of aryl methyl sites for hydroxylation is 2. The van der Waals surface area contributed by atoms with Gasteiger partial charge < -0.3 is 10.2 Å². The molecule has 0 unspecified atom stereocenters. The van der Waals surface area contributed by atoms with Crippen LogP contribution in [0.25, 0.3) is 11.0 Å². The zero-order valence-corrected chi connectivity index (χ0v) is 10.1. The van der Waals surface area contributed by atoms with Gasteiger partial charge in [-0.1, -0.05) is 6.07 Å². The molecule has 0 aliphatic heterocycles. The van der Waals surface area contributed by atoms with Crippen LogP contribution in [0.4, 0.5) is 0 Å². The summed E-state index contributed by atoms with van der Waals surface area (Å²) in [4.78, 5) is 11.8. The van der Waals surface area contributed by atoms with E-state index >= 15 is 0 Å². The van der Waals surface area contributed by atoms with Gasteiger partial charge in [-0.05, 0) is 31.0 Å². The van der Waals surface area contributed by atoms with E-state index in [-0.39, 0.29) is 24.4 Å². The van der Waals surface area contributed by atoms with Crippen LogP contribution in [-0.4, -0.2) is 0 Å². The van der Waals surface area contributed by atoms with Crippen LogP contribution in [-0.2, 0) is 6.54 Å². The van der Waals surface area contributed by atoms with Crippen molar-refractivity contribution >= 4 is 23.4 Å². The van der Waals surface area contributed by atoms with Crippen LogP contribution in [0, 0.1) is 13.8 Å². The van der Waals surface area contributed by atoms with Crippen molar-refractivity contribution in [3.63, 3.8) is 0 Å². The molecule has 2 rings (SSSR count). The van der Waals surface area contributed by atoms with E-state index in [4.69, 9.17) is 10.2 Å². The Balaban J connectivity index is 0.00000128. The first-order valence-corrected chi connectivity index (χ1v) is 4.86. The molecule has 2 N–H and O–H groups in total. The molecule has 0 aliphatic carbocycles. The Labute approximate surface area is 99.7 Å². The number of rotatable bonds is 1. The molecule has 0 saturated heterocycles. The molecular weight excluding hydrogens is 226 g/mol. The summed E-state index contributed by atoms with van der Waals surface area (Å²) in [6, 6.07) is 5.30. The summed E-state index contributed by atoms with van der Waals surface area (Å²) in [5, 5.41) is 0.651. The zero-order valence-electron chi connectivity index (χ0n) is 9.24. The maximum absolute atomic E-state index is 11.8. The Morgan fingerprint density at radius 1 is 1.25 bits per heavy atom. The number of hydrogen-bond acceptors (Lipinski definition) is 3. The number of fused-ring (bicyclic) bond motifs is 1. The smallest absolute Gasteiger partial charge is 0.193 e. The van der Waals surface area contributed by atoms with Crippen molar-refractivity contribution in [1.29, 1.82) is 0 Å². The molecule has 86 valence electrons. The highest BCUT2D eigenvalue weighted by Gasteiger charge is 2.06. The van der Waals surface area contributed by atoms with Crippen LogP contribution in [0.1, 0.15) is 16.9 Å². The van der Waals surface area contributed by atoms with E-state index in [2.05, 4.69) is 0 Å². The maximum Gasteiger partial charge on any atom is 0.193 e. The minimum Gasteiger partial charge on any atom is -0.459 e. The van der Waals surface area contributed by atoms with Crippen LogP contribution in [0.15, 0.2) is 27.4 Å². The average Bonchev–Trinajstić information content (AvgIpc) is 2.15. The summed E-state index contributed by atoms with van der Waals surface area (Å²) in [7, 11) is 0. The van der Waals surface area contributed by atoms with Gasteiger partial charge in [0.2, 0.25) is 0 Å². The van der Waals surface area contributed by atoms with Gasteiger partial charge in [0.05, 0.1) is 11.9 Å². The Kier molecular flexibility index (Phi) is 3.73. The van der Waals surface area contributed by atoms with Gasteiger partial charge in [-0.15, -0.1) is 12.4 Å². The van der Waals surface area contributed by atoms with Gasteiger partial charge in [0.1, 0.15) is 11.3 Å². The minimum absolute atomic E-state index is 0. The Hall–Kier alpha value is -1.32. The zero-order chi connectivity index (χ0) is 11.0. The highest BCUT2D eigenvalue weighted by molar-refractivity contribution is 5.85. The summed E-state index contributed by atoms with van der Waals surface area (Å²) in [6.07, 6.45) is 0. The van der Waals surface area contributed by atoms with Crippen LogP contribution >= 0.6 is 12.4 Å². The fourth-order valence-corrected chi connectivity index (χ4v) is 1.81. The van der Waals surface area contributed by atoms with Crippen molar-refractivity contribution in [3.8, 4) is 0 Å². The summed E-state index contributed by atoms with van der Waals surface area (Å²) in [5.41, 5.74) is 8.09. The van der Waals surface area contributed by atoms with Crippen molar-refractivity contribution in [2.75, 3.05) is 0 Å². The lowest BCUT2D eigenvalue weighted by Crippen LogP contribution is -2.06. The third-order valence-electron chi connectivity index (χ3n) is 2.42. The standard InChI is InChI=1S/C12H13NO2.ClH/c1-7-3-8(2)12-10(14)5-9(6-13)15-11(12)4-7;/h3-5H,6,13H2,1-2H3;1H. The molecule has 1 aromatic heterocycles. The highest BCUT2D eigenvalue weighted by Crippen LogP contribution is 2.18. The summed E-state index contributed by atoms with van der Waals surface area (Å²) in [5.74, 6) is 0.525. The van der Waals surface area contributed by atoms with Crippen molar-refractivity contribution in [3.05, 3.63) is 45.3 Å². The van der Waals surface area contributed by atoms with Crippen LogP contribution < -0.4 is 11.2 Å². The molecule has 1 heterocycles. The van der Waals surface area contributed by atoms with E-state index in [9.17, 15) is 4.79 Å². The SMILES string of the molecule is Cc1cc(C)c2c(=O)cc(CN)oc2c1.Cl. The molecule has 0 bridgehead atoms. The number of benzene rings is 1. The minimum atomic E-state index is -0.0193. The average molecular weight is 240 g/mol. The van der Waals surface area contributed by atoms with Crippen molar-refractivity contribution in [2.24, 2.45) is 5.73 Å². The van der Waals surface area contributed by atoms with Crippen molar-refractivity contribution < 1.29 is 4.42 Å². The third-order valence-corrected chi connectivity index (χ3v) is 2.42. The van der Waals surface area contributed by atoms with Gasteiger partial charge in [-0.25, -0.2) is 0 Å². The Morgan fingerprint density at radius 3 is 2.56 bits per heavy atom. The molecule has 0 aliphatic rings. The number of halogens is 1. The predicted molar refractivity (Wildman–Crippen MR) is 67.1 cm³/mol. The molecular formula is C12H14ClNO2.